The van der Waals surface area contributed by atoms with Crippen molar-refractivity contribution in [2.24, 2.45) is 0 Å². The number of aliphatic hydroxyl groups is 1. The van der Waals surface area contributed by atoms with Gasteiger partial charge in [0.2, 0.25) is 0 Å². The Morgan fingerprint density at radius 1 is 1.10 bits per heavy atom. The fourth-order valence-electron chi connectivity index (χ4n) is 2.28. The van der Waals surface area contributed by atoms with E-state index < -0.39 is 35.1 Å². The zero-order valence-corrected chi connectivity index (χ0v) is 10.8. The molecule has 1 aromatic carbocycles. The lowest BCUT2D eigenvalue weighted by Gasteiger charge is -2.20. The van der Waals surface area contributed by atoms with Gasteiger partial charge in [-0.2, -0.15) is 0 Å². The Hall–Kier alpha value is -1.34. The molecule has 3 nitrogen and oxygen atoms in total. The van der Waals surface area contributed by atoms with Gasteiger partial charge < -0.3 is 15.3 Å². The van der Waals surface area contributed by atoms with Crippen LogP contribution in [0.4, 0.5) is 23.2 Å². The molecule has 1 aromatic rings. The van der Waals surface area contributed by atoms with Crippen LogP contribution in [0.25, 0.3) is 0 Å². The molecule has 1 fully saturated rings. The van der Waals surface area contributed by atoms with E-state index in [1.165, 1.54) is 0 Å². The normalized spacial score (nSPS) is 17.4. The molecule has 2 N–H and O–H groups in total. The van der Waals surface area contributed by atoms with Crippen LogP contribution < -0.4 is 5.32 Å². The number of aliphatic hydroxyl groups excluding tert-OH is 1. The molecule has 7 heteroatoms. The molecule has 0 spiro atoms. The van der Waals surface area contributed by atoms with Gasteiger partial charge in [-0.05, 0) is 25.9 Å². The molecule has 1 aliphatic heterocycles. The molecular weight excluding hydrogens is 276 g/mol. The number of likely N-dealkylation sites (tertiary alicyclic amines) is 1. The average molecular weight is 292 g/mol. The Bertz CT molecular complexity index is 452. The molecule has 0 aliphatic carbocycles. The summed E-state index contributed by atoms with van der Waals surface area (Å²) in [4.78, 5) is 2.02. The molecule has 112 valence electrons. The summed E-state index contributed by atoms with van der Waals surface area (Å²) in [5.74, 6) is -5.92. The summed E-state index contributed by atoms with van der Waals surface area (Å²) in [6, 6.07) is 0.149. The Labute approximate surface area is 114 Å². The van der Waals surface area contributed by atoms with Crippen LogP contribution in [-0.4, -0.2) is 42.3 Å². The van der Waals surface area contributed by atoms with Gasteiger partial charge in [-0.3, -0.25) is 0 Å². The molecule has 1 aliphatic rings. The van der Waals surface area contributed by atoms with Crippen LogP contribution in [0.15, 0.2) is 6.07 Å². The molecule has 1 atom stereocenters. The fraction of sp³-hybridized carbons (Fsp3) is 0.538. The van der Waals surface area contributed by atoms with Gasteiger partial charge in [0.1, 0.15) is 5.69 Å². The number of rotatable bonds is 5. The van der Waals surface area contributed by atoms with Gasteiger partial charge in [0.25, 0.3) is 0 Å². The summed E-state index contributed by atoms with van der Waals surface area (Å²) >= 11 is 0. The second-order valence-corrected chi connectivity index (χ2v) is 4.89. The number of hydrogen-bond acceptors (Lipinski definition) is 3. The maximum absolute atomic E-state index is 13.4. The van der Waals surface area contributed by atoms with E-state index in [4.69, 9.17) is 0 Å². The zero-order chi connectivity index (χ0) is 14.7. The number of β-amino-alcohol motifs (C(OH)–C–C–N with tert-alkyl or cyclic N) is 1. The summed E-state index contributed by atoms with van der Waals surface area (Å²) in [5, 5.41) is 12.0. The molecule has 1 unspecified atom stereocenters. The van der Waals surface area contributed by atoms with E-state index in [0.717, 1.165) is 25.9 Å². The molecule has 1 saturated heterocycles. The average Bonchev–Trinajstić information content (AvgIpc) is 2.89. The smallest absolute Gasteiger partial charge is 0.185 e. The number of nitrogens with one attached hydrogen (secondary N) is 1. The van der Waals surface area contributed by atoms with E-state index in [1.807, 2.05) is 4.90 Å². The second-order valence-electron chi connectivity index (χ2n) is 4.89. The van der Waals surface area contributed by atoms with Crippen molar-refractivity contribution in [3.63, 3.8) is 0 Å². The predicted octanol–water partition coefficient (Wildman–Crippen LogP) is 2.11. The lowest BCUT2D eigenvalue weighted by molar-refractivity contribution is 0.135. The van der Waals surface area contributed by atoms with Crippen molar-refractivity contribution >= 4 is 5.69 Å². The second kappa shape index (κ2) is 6.41. The van der Waals surface area contributed by atoms with Gasteiger partial charge in [0.05, 0.1) is 6.10 Å². The van der Waals surface area contributed by atoms with E-state index >= 15 is 0 Å². The van der Waals surface area contributed by atoms with Crippen molar-refractivity contribution in [2.45, 2.75) is 18.9 Å². The number of hydrogen-bond donors (Lipinski definition) is 2. The largest absolute Gasteiger partial charge is 0.390 e. The summed E-state index contributed by atoms with van der Waals surface area (Å²) in [6.45, 7) is 1.91. The number of anilines is 1. The first-order valence-electron chi connectivity index (χ1n) is 6.46. The van der Waals surface area contributed by atoms with E-state index in [9.17, 15) is 22.7 Å². The third-order valence-electron chi connectivity index (χ3n) is 3.29. The van der Waals surface area contributed by atoms with Crippen LogP contribution in [0.1, 0.15) is 12.8 Å². The molecule has 0 amide bonds. The highest BCUT2D eigenvalue weighted by atomic mass is 19.2. The molecule has 2 rings (SSSR count). The summed E-state index contributed by atoms with van der Waals surface area (Å²) in [5.41, 5.74) is -0.886. The minimum Gasteiger partial charge on any atom is -0.390 e. The van der Waals surface area contributed by atoms with Crippen molar-refractivity contribution in [3.05, 3.63) is 29.3 Å². The first-order chi connectivity index (χ1) is 9.49. The lowest BCUT2D eigenvalue weighted by Crippen LogP contribution is -2.34. The Morgan fingerprint density at radius 2 is 1.65 bits per heavy atom. The van der Waals surface area contributed by atoms with Crippen molar-refractivity contribution in [1.29, 1.82) is 0 Å². The van der Waals surface area contributed by atoms with Gasteiger partial charge in [0.15, 0.2) is 23.3 Å². The van der Waals surface area contributed by atoms with Crippen LogP contribution in [0.3, 0.4) is 0 Å². The van der Waals surface area contributed by atoms with Crippen molar-refractivity contribution < 1.29 is 22.7 Å². The predicted molar refractivity (Wildman–Crippen MR) is 66.4 cm³/mol. The van der Waals surface area contributed by atoms with E-state index in [2.05, 4.69) is 5.32 Å². The van der Waals surface area contributed by atoms with Crippen molar-refractivity contribution in [2.75, 3.05) is 31.5 Å². The van der Waals surface area contributed by atoms with Gasteiger partial charge in [0, 0.05) is 19.2 Å². The Kier molecular flexibility index (Phi) is 4.82. The standard InChI is InChI=1S/C13H16F4N2O/c14-9-5-10(15)12(17)13(11(9)16)18-6-8(20)7-19-3-1-2-4-19/h5,8,18,20H,1-4,6-7H2. The highest BCUT2D eigenvalue weighted by molar-refractivity contribution is 5.47. The number of halogens is 4. The van der Waals surface area contributed by atoms with E-state index in [-0.39, 0.29) is 12.6 Å². The minimum atomic E-state index is -1.49. The molecule has 0 radical (unpaired) electrons. The Morgan fingerprint density at radius 3 is 2.20 bits per heavy atom. The van der Waals surface area contributed by atoms with Crippen molar-refractivity contribution in [3.8, 4) is 0 Å². The highest BCUT2D eigenvalue weighted by Gasteiger charge is 2.20. The highest BCUT2D eigenvalue weighted by Crippen LogP contribution is 2.24. The third kappa shape index (κ3) is 3.40. The SMILES string of the molecule is OC(CNc1c(F)c(F)cc(F)c1F)CN1CCCC1. The molecular formula is C13H16F4N2O. The van der Waals surface area contributed by atoms with Crippen LogP contribution in [0.2, 0.25) is 0 Å². The number of nitrogens with zero attached hydrogens (tertiary/aromatic N) is 1. The topological polar surface area (TPSA) is 35.5 Å². The summed E-state index contributed by atoms with van der Waals surface area (Å²) in [6.07, 6.45) is 1.23. The first kappa shape index (κ1) is 15.1. The first-order valence-corrected chi connectivity index (χ1v) is 6.46. The maximum atomic E-state index is 13.4. The van der Waals surface area contributed by atoms with E-state index in [1.54, 1.807) is 0 Å². The molecule has 0 saturated carbocycles. The molecule has 20 heavy (non-hydrogen) atoms. The van der Waals surface area contributed by atoms with Crippen LogP contribution in [0, 0.1) is 23.3 Å². The summed E-state index contributed by atoms with van der Waals surface area (Å²) < 4.78 is 52.7. The van der Waals surface area contributed by atoms with Crippen molar-refractivity contribution in [1.82, 2.24) is 4.90 Å². The summed E-state index contributed by atoms with van der Waals surface area (Å²) in [7, 11) is 0. The van der Waals surface area contributed by atoms with Gasteiger partial charge in [-0.25, -0.2) is 17.6 Å². The third-order valence-corrected chi connectivity index (χ3v) is 3.29. The maximum Gasteiger partial charge on any atom is 0.185 e. The van der Waals surface area contributed by atoms with Gasteiger partial charge in [-0.15, -0.1) is 0 Å². The van der Waals surface area contributed by atoms with E-state index in [0.29, 0.717) is 6.54 Å². The molecule has 0 bridgehead atoms. The Balaban J connectivity index is 1.96. The van der Waals surface area contributed by atoms with Gasteiger partial charge >= 0.3 is 0 Å². The number of benzene rings is 1. The molecule has 1 heterocycles. The van der Waals surface area contributed by atoms with Crippen LogP contribution in [0.5, 0.6) is 0 Å². The molecule has 0 aromatic heterocycles. The van der Waals surface area contributed by atoms with Crippen LogP contribution >= 0.6 is 0 Å². The lowest BCUT2D eigenvalue weighted by atomic mass is 10.2. The zero-order valence-electron chi connectivity index (χ0n) is 10.8. The van der Waals surface area contributed by atoms with Crippen LogP contribution in [-0.2, 0) is 0 Å². The quantitative estimate of drug-likeness (QED) is 0.644. The van der Waals surface area contributed by atoms with Gasteiger partial charge in [-0.1, -0.05) is 0 Å². The monoisotopic (exact) mass is 292 g/mol. The fourth-order valence-corrected chi connectivity index (χ4v) is 2.28. The minimum absolute atomic E-state index is 0.149.